The number of amidine groups is 1. The van der Waals surface area contributed by atoms with Crippen LogP contribution in [0.25, 0.3) is 0 Å². The first kappa shape index (κ1) is 26.6. The molecule has 0 unspecified atom stereocenters. The number of hydrogen-bond donors (Lipinski definition) is 1. The number of benzene rings is 3. The van der Waals surface area contributed by atoms with Crippen molar-refractivity contribution in [2.45, 2.75) is 25.1 Å². The van der Waals surface area contributed by atoms with Crippen LogP contribution in [0.1, 0.15) is 29.3 Å². The molecule has 2 aliphatic heterocycles. The van der Waals surface area contributed by atoms with E-state index < -0.39 is 11.2 Å². The maximum atomic E-state index is 13.4. The van der Waals surface area contributed by atoms with Crippen LogP contribution < -0.4 is 14.8 Å². The maximum absolute atomic E-state index is 13.4. The molecule has 0 bridgehead atoms. The van der Waals surface area contributed by atoms with Crippen LogP contribution in [0.3, 0.4) is 0 Å². The smallest absolute Gasteiger partial charge is 0.338 e. The molecule has 5 rings (SSSR count). The Kier molecular flexibility index (Phi) is 8.04. The molecule has 11 heteroatoms. The number of thioether (sulfide) groups is 1. The third-order valence-corrected chi connectivity index (χ3v) is 7.36. The Bertz CT molecular complexity index is 1430. The minimum atomic E-state index is -0.707. The van der Waals surface area contributed by atoms with Crippen molar-refractivity contribution in [1.82, 2.24) is 4.90 Å². The predicted octanol–water partition coefficient (Wildman–Crippen LogP) is 5.41. The lowest BCUT2D eigenvalue weighted by Crippen LogP contribution is -2.44. The molecule has 0 spiro atoms. The van der Waals surface area contributed by atoms with Crippen molar-refractivity contribution in [2.24, 2.45) is 4.99 Å². The Morgan fingerprint density at radius 3 is 2.56 bits per heavy atom. The lowest BCUT2D eigenvalue weighted by Gasteiger charge is -2.32. The Morgan fingerprint density at radius 1 is 1.08 bits per heavy atom. The zero-order chi connectivity index (χ0) is 27.4. The van der Waals surface area contributed by atoms with Gasteiger partial charge in [0.15, 0.2) is 16.7 Å². The second kappa shape index (κ2) is 11.8. The lowest BCUT2D eigenvalue weighted by atomic mass is 10.1. The Morgan fingerprint density at radius 2 is 1.82 bits per heavy atom. The van der Waals surface area contributed by atoms with E-state index in [0.717, 1.165) is 5.56 Å². The van der Waals surface area contributed by atoms with E-state index in [1.807, 2.05) is 12.1 Å². The summed E-state index contributed by atoms with van der Waals surface area (Å²) < 4.78 is 15.9. The molecule has 1 saturated heterocycles. The van der Waals surface area contributed by atoms with Gasteiger partial charge in [-0.15, -0.1) is 0 Å². The van der Waals surface area contributed by atoms with Gasteiger partial charge in [-0.05, 0) is 73.2 Å². The van der Waals surface area contributed by atoms with E-state index in [1.54, 1.807) is 66.4 Å². The third-order valence-electron chi connectivity index (χ3n) is 5.92. The number of carbonyl (C=O) groups is 3. The van der Waals surface area contributed by atoms with Gasteiger partial charge < -0.3 is 19.5 Å². The second-order valence-electron chi connectivity index (χ2n) is 8.64. The molecule has 0 radical (unpaired) electrons. The summed E-state index contributed by atoms with van der Waals surface area (Å²) in [4.78, 5) is 44.7. The van der Waals surface area contributed by atoms with Crippen LogP contribution in [0.2, 0.25) is 5.02 Å². The largest absolute Gasteiger partial charge is 0.462 e. The first-order chi connectivity index (χ1) is 18.9. The molecule has 3 aromatic carbocycles. The molecule has 0 saturated carbocycles. The van der Waals surface area contributed by atoms with Crippen molar-refractivity contribution in [3.05, 3.63) is 82.9 Å². The molecule has 2 amide bonds. The van der Waals surface area contributed by atoms with Gasteiger partial charge in [-0.2, -0.15) is 0 Å². The van der Waals surface area contributed by atoms with Gasteiger partial charge in [-0.3, -0.25) is 14.5 Å². The number of hydrogen-bond acceptors (Lipinski definition) is 8. The Labute approximate surface area is 234 Å². The first-order valence-corrected chi connectivity index (χ1v) is 13.4. The zero-order valence-electron chi connectivity index (χ0n) is 20.9. The Hall–Kier alpha value is -4.02. The van der Waals surface area contributed by atoms with Gasteiger partial charge in [0.1, 0.15) is 5.25 Å². The third kappa shape index (κ3) is 6.35. The topological polar surface area (TPSA) is 107 Å². The highest BCUT2D eigenvalue weighted by atomic mass is 35.5. The minimum Gasteiger partial charge on any atom is -0.462 e. The number of carbonyl (C=O) groups excluding carboxylic acids is 3. The number of anilines is 1. The molecule has 2 heterocycles. The minimum absolute atomic E-state index is 0.0123. The van der Waals surface area contributed by atoms with Gasteiger partial charge in [0.2, 0.25) is 18.6 Å². The molecular formula is C28H24ClN3O6S. The summed E-state index contributed by atoms with van der Waals surface area (Å²) in [7, 11) is 0. The molecule has 3 aromatic rings. The average Bonchev–Trinajstić information content (AvgIpc) is 3.40. The van der Waals surface area contributed by atoms with Crippen molar-refractivity contribution in [1.29, 1.82) is 0 Å². The second-order valence-corrected chi connectivity index (χ2v) is 10.2. The number of ether oxygens (including phenoxy) is 3. The molecule has 1 fully saturated rings. The highest BCUT2D eigenvalue weighted by Gasteiger charge is 2.36. The average molecular weight is 566 g/mol. The number of aliphatic imine (C=N–C) groups is 1. The van der Waals surface area contributed by atoms with Gasteiger partial charge in [0.05, 0.1) is 24.4 Å². The zero-order valence-corrected chi connectivity index (χ0v) is 22.5. The molecule has 0 aliphatic carbocycles. The number of nitrogens with zero attached hydrogens (tertiary/aromatic N) is 2. The van der Waals surface area contributed by atoms with Crippen molar-refractivity contribution >= 4 is 57.7 Å². The van der Waals surface area contributed by atoms with Crippen LogP contribution in [-0.4, -0.2) is 46.5 Å². The molecule has 1 N–H and O–H groups in total. The fraction of sp³-hybridized carbons (Fsp3) is 0.214. The summed E-state index contributed by atoms with van der Waals surface area (Å²) in [6.45, 7) is 2.41. The van der Waals surface area contributed by atoms with E-state index >= 15 is 0 Å². The van der Waals surface area contributed by atoms with Gasteiger partial charge in [0, 0.05) is 17.1 Å². The standard InChI is InChI=1S/C28H24ClN3O6S/c1-2-36-27(35)18-4-8-20(9-5-18)30-26(34)24-14-25(33)32(15-17-3-12-22-23(13-17)38-16-37-22)28(39-24)31-21-10-6-19(29)7-11-21/h3-13,24H,2,14-16H2,1H3,(H,30,34)/t24-/m0/s1. The van der Waals surface area contributed by atoms with Crippen LogP contribution in [0.15, 0.2) is 71.7 Å². The van der Waals surface area contributed by atoms with Crippen LogP contribution in [0, 0.1) is 0 Å². The van der Waals surface area contributed by atoms with E-state index in [4.69, 9.17) is 25.8 Å². The summed E-state index contributed by atoms with van der Waals surface area (Å²) in [6, 6.07) is 18.8. The van der Waals surface area contributed by atoms with E-state index in [2.05, 4.69) is 10.3 Å². The van der Waals surface area contributed by atoms with Crippen molar-refractivity contribution < 1.29 is 28.6 Å². The molecule has 1 atom stereocenters. The van der Waals surface area contributed by atoms with Crippen LogP contribution >= 0.6 is 23.4 Å². The first-order valence-electron chi connectivity index (χ1n) is 12.2. The summed E-state index contributed by atoms with van der Waals surface area (Å²) in [5, 5.41) is 3.08. The van der Waals surface area contributed by atoms with Gasteiger partial charge in [0.25, 0.3) is 0 Å². The lowest BCUT2D eigenvalue weighted by molar-refractivity contribution is -0.129. The highest BCUT2D eigenvalue weighted by molar-refractivity contribution is 8.15. The van der Waals surface area contributed by atoms with E-state index in [9.17, 15) is 14.4 Å². The fourth-order valence-corrected chi connectivity index (χ4v) is 5.20. The van der Waals surface area contributed by atoms with Gasteiger partial charge >= 0.3 is 5.97 Å². The molecule has 2 aliphatic rings. The monoisotopic (exact) mass is 565 g/mol. The van der Waals surface area contributed by atoms with Crippen molar-refractivity contribution in [3.63, 3.8) is 0 Å². The van der Waals surface area contributed by atoms with Crippen LogP contribution in [0.4, 0.5) is 11.4 Å². The number of fused-ring (bicyclic) bond motifs is 1. The summed E-state index contributed by atoms with van der Waals surface area (Å²) in [6.07, 6.45) is -0.0123. The molecule has 9 nitrogen and oxygen atoms in total. The molecule has 39 heavy (non-hydrogen) atoms. The number of halogens is 1. The maximum Gasteiger partial charge on any atom is 0.338 e. The fourth-order valence-electron chi connectivity index (χ4n) is 3.97. The molecule has 200 valence electrons. The van der Waals surface area contributed by atoms with Gasteiger partial charge in [-0.25, -0.2) is 9.79 Å². The molecule has 0 aromatic heterocycles. The summed E-state index contributed by atoms with van der Waals surface area (Å²) in [5.74, 6) is 0.252. The van der Waals surface area contributed by atoms with Crippen molar-refractivity contribution in [2.75, 3.05) is 18.7 Å². The quantitative estimate of drug-likeness (QED) is 0.382. The number of amides is 2. The van der Waals surface area contributed by atoms with E-state index in [-0.39, 0.29) is 38.2 Å². The number of nitrogens with one attached hydrogen (secondary N) is 1. The van der Waals surface area contributed by atoms with Crippen LogP contribution in [0.5, 0.6) is 11.5 Å². The van der Waals surface area contributed by atoms with Crippen molar-refractivity contribution in [3.8, 4) is 11.5 Å². The molecular weight excluding hydrogens is 542 g/mol. The number of rotatable bonds is 7. The Balaban J connectivity index is 1.35. The van der Waals surface area contributed by atoms with E-state index in [1.165, 1.54) is 11.8 Å². The highest BCUT2D eigenvalue weighted by Crippen LogP contribution is 2.35. The number of esters is 1. The SMILES string of the molecule is CCOC(=O)c1ccc(NC(=O)[C@@H]2CC(=O)N(Cc3ccc4c(c3)OCO4)C(=Nc3ccc(Cl)cc3)S2)cc1. The normalized spacial score (nSPS) is 17.3. The predicted molar refractivity (Wildman–Crippen MR) is 149 cm³/mol. The van der Waals surface area contributed by atoms with Crippen LogP contribution in [-0.2, 0) is 20.9 Å². The summed E-state index contributed by atoms with van der Waals surface area (Å²) >= 11 is 7.23. The summed E-state index contributed by atoms with van der Waals surface area (Å²) in [5.41, 5.74) is 2.32. The van der Waals surface area contributed by atoms with E-state index in [0.29, 0.717) is 38.6 Å². The van der Waals surface area contributed by atoms with Gasteiger partial charge in [-0.1, -0.05) is 29.4 Å².